The maximum Gasteiger partial charge on any atom is 0.194 e. The van der Waals surface area contributed by atoms with Crippen LogP contribution in [-0.2, 0) is 0 Å². The molecule has 0 saturated carbocycles. The molecule has 0 amide bonds. The van der Waals surface area contributed by atoms with Crippen LogP contribution in [-0.4, -0.2) is 12.9 Å². The summed E-state index contributed by atoms with van der Waals surface area (Å²) >= 11 is 7.33. The van der Waals surface area contributed by atoms with E-state index < -0.39 is 5.92 Å². The molecule has 20 heavy (non-hydrogen) atoms. The van der Waals surface area contributed by atoms with Crippen molar-refractivity contribution in [2.75, 3.05) is 7.11 Å². The van der Waals surface area contributed by atoms with Crippen LogP contribution < -0.4 is 4.74 Å². The first-order chi connectivity index (χ1) is 9.56. The average molecular weight is 306 g/mol. The van der Waals surface area contributed by atoms with E-state index >= 15 is 0 Å². The van der Waals surface area contributed by atoms with Gasteiger partial charge < -0.3 is 4.74 Å². The van der Waals surface area contributed by atoms with Gasteiger partial charge in [0.1, 0.15) is 11.7 Å². The van der Waals surface area contributed by atoms with Gasteiger partial charge in [0.15, 0.2) is 5.78 Å². The second-order valence-electron chi connectivity index (χ2n) is 4.22. The van der Waals surface area contributed by atoms with E-state index in [2.05, 4.69) is 0 Å². The second kappa shape index (κ2) is 6.08. The second-order valence-corrected chi connectivity index (χ2v) is 5.95. The fourth-order valence-electron chi connectivity index (χ4n) is 1.91. The van der Waals surface area contributed by atoms with E-state index in [0.29, 0.717) is 21.2 Å². The SMILES string of the molecule is COc1ccc(Cl)cc1C(C#N)C(=O)c1ccc(C)s1. The zero-order valence-electron chi connectivity index (χ0n) is 11.0. The number of Topliss-reactive ketones (excluding diaryl/α,β-unsaturated/α-hetero) is 1. The number of carbonyl (C=O) groups is 1. The third-order valence-electron chi connectivity index (χ3n) is 2.88. The highest BCUT2D eigenvalue weighted by atomic mass is 35.5. The van der Waals surface area contributed by atoms with Crippen molar-refractivity contribution in [2.45, 2.75) is 12.8 Å². The molecule has 0 aliphatic rings. The fraction of sp³-hybridized carbons (Fsp3) is 0.200. The number of halogens is 1. The van der Waals surface area contributed by atoms with Gasteiger partial charge in [0.05, 0.1) is 18.1 Å². The number of benzene rings is 1. The molecular formula is C15H12ClNO2S. The van der Waals surface area contributed by atoms with Crippen LogP contribution in [0, 0.1) is 18.3 Å². The van der Waals surface area contributed by atoms with E-state index in [1.807, 2.05) is 19.1 Å². The summed E-state index contributed by atoms with van der Waals surface area (Å²) < 4.78 is 5.22. The van der Waals surface area contributed by atoms with Gasteiger partial charge in [0.2, 0.25) is 0 Å². The summed E-state index contributed by atoms with van der Waals surface area (Å²) in [6.07, 6.45) is 0. The molecule has 0 spiro atoms. The third kappa shape index (κ3) is 2.84. The number of ether oxygens (including phenoxy) is 1. The molecule has 1 unspecified atom stereocenters. The van der Waals surface area contributed by atoms with Crippen LogP contribution in [0.2, 0.25) is 5.02 Å². The Balaban J connectivity index is 2.45. The average Bonchev–Trinajstić information content (AvgIpc) is 2.86. The van der Waals surface area contributed by atoms with Crippen LogP contribution in [0.4, 0.5) is 0 Å². The topological polar surface area (TPSA) is 50.1 Å². The number of thiophene rings is 1. The molecule has 102 valence electrons. The van der Waals surface area contributed by atoms with E-state index in [4.69, 9.17) is 16.3 Å². The standard InChI is InChI=1S/C15H12ClNO2S/c1-9-3-6-14(20-9)15(18)12(8-17)11-7-10(16)4-5-13(11)19-2/h3-7,12H,1-2H3. The minimum Gasteiger partial charge on any atom is -0.496 e. The van der Waals surface area contributed by atoms with E-state index in [0.717, 1.165) is 4.88 Å². The summed E-state index contributed by atoms with van der Waals surface area (Å²) in [5, 5.41) is 9.83. The number of hydrogen-bond acceptors (Lipinski definition) is 4. The van der Waals surface area contributed by atoms with Gasteiger partial charge in [-0.05, 0) is 37.3 Å². The Morgan fingerprint density at radius 1 is 1.40 bits per heavy atom. The summed E-state index contributed by atoms with van der Waals surface area (Å²) in [6, 6.07) is 10.6. The molecule has 0 aliphatic carbocycles. The molecule has 2 aromatic rings. The molecule has 1 aromatic heterocycles. The summed E-state index contributed by atoms with van der Waals surface area (Å²) in [5.41, 5.74) is 0.499. The monoisotopic (exact) mass is 305 g/mol. The summed E-state index contributed by atoms with van der Waals surface area (Å²) in [5.74, 6) is -0.657. The lowest BCUT2D eigenvalue weighted by atomic mass is 9.94. The summed E-state index contributed by atoms with van der Waals surface area (Å²) in [6.45, 7) is 1.92. The highest BCUT2D eigenvalue weighted by molar-refractivity contribution is 7.14. The molecular weight excluding hydrogens is 294 g/mol. The van der Waals surface area contributed by atoms with Gasteiger partial charge in [-0.15, -0.1) is 11.3 Å². The largest absolute Gasteiger partial charge is 0.496 e. The molecule has 0 N–H and O–H groups in total. The van der Waals surface area contributed by atoms with Gasteiger partial charge in [-0.1, -0.05) is 11.6 Å². The molecule has 0 fully saturated rings. The minimum atomic E-state index is -0.915. The highest BCUT2D eigenvalue weighted by Gasteiger charge is 2.26. The quantitative estimate of drug-likeness (QED) is 0.795. The zero-order chi connectivity index (χ0) is 14.7. The third-order valence-corrected chi connectivity index (χ3v) is 4.13. The van der Waals surface area contributed by atoms with Gasteiger partial charge in [-0.2, -0.15) is 5.26 Å². The van der Waals surface area contributed by atoms with E-state index in [-0.39, 0.29) is 5.78 Å². The molecule has 0 radical (unpaired) electrons. The molecule has 3 nitrogen and oxygen atoms in total. The van der Waals surface area contributed by atoms with Crippen LogP contribution >= 0.6 is 22.9 Å². The molecule has 1 aromatic carbocycles. The Labute approximate surface area is 126 Å². The molecule has 2 rings (SSSR count). The van der Waals surface area contributed by atoms with Crippen LogP contribution in [0.25, 0.3) is 0 Å². The maximum absolute atomic E-state index is 12.5. The lowest BCUT2D eigenvalue weighted by molar-refractivity contribution is 0.0981. The number of nitriles is 1. The highest BCUT2D eigenvalue weighted by Crippen LogP contribution is 2.32. The van der Waals surface area contributed by atoms with Crippen molar-refractivity contribution in [3.8, 4) is 11.8 Å². The van der Waals surface area contributed by atoms with Crippen LogP contribution in [0.5, 0.6) is 5.75 Å². The number of ketones is 1. The Kier molecular flexibility index (Phi) is 4.43. The van der Waals surface area contributed by atoms with Crippen molar-refractivity contribution in [1.29, 1.82) is 5.26 Å². The minimum absolute atomic E-state index is 0.230. The van der Waals surface area contributed by atoms with Crippen molar-refractivity contribution >= 4 is 28.7 Å². The zero-order valence-corrected chi connectivity index (χ0v) is 12.6. The molecule has 1 atom stereocenters. The van der Waals surface area contributed by atoms with Crippen LogP contribution in [0.15, 0.2) is 30.3 Å². The molecule has 0 bridgehead atoms. The molecule has 0 aliphatic heterocycles. The van der Waals surface area contributed by atoms with Gasteiger partial charge in [0.25, 0.3) is 0 Å². The Bertz CT molecular complexity index is 687. The first-order valence-corrected chi connectivity index (χ1v) is 7.10. The van der Waals surface area contributed by atoms with E-state index in [9.17, 15) is 10.1 Å². The van der Waals surface area contributed by atoms with E-state index in [1.54, 1.807) is 24.3 Å². The number of rotatable bonds is 4. The molecule has 5 heteroatoms. The van der Waals surface area contributed by atoms with Gasteiger partial charge >= 0.3 is 0 Å². The Morgan fingerprint density at radius 2 is 2.15 bits per heavy atom. The van der Waals surface area contributed by atoms with Gasteiger partial charge in [-0.25, -0.2) is 0 Å². The first kappa shape index (κ1) is 14.6. The lowest BCUT2D eigenvalue weighted by Crippen LogP contribution is -2.11. The number of hydrogen-bond donors (Lipinski definition) is 0. The first-order valence-electron chi connectivity index (χ1n) is 5.90. The Hall–Kier alpha value is -1.83. The Morgan fingerprint density at radius 3 is 2.70 bits per heavy atom. The summed E-state index contributed by atoms with van der Waals surface area (Å²) in [7, 11) is 1.50. The maximum atomic E-state index is 12.5. The number of carbonyl (C=O) groups excluding carboxylic acids is 1. The van der Waals surface area contributed by atoms with Crippen molar-refractivity contribution in [3.05, 3.63) is 50.7 Å². The van der Waals surface area contributed by atoms with Gasteiger partial charge in [0, 0.05) is 15.5 Å². The van der Waals surface area contributed by atoms with Crippen LogP contribution in [0.1, 0.15) is 26.0 Å². The number of aryl methyl sites for hydroxylation is 1. The summed E-state index contributed by atoms with van der Waals surface area (Å²) in [4.78, 5) is 14.1. The van der Waals surface area contributed by atoms with Crippen molar-refractivity contribution in [3.63, 3.8) is 0 Å². The number of methoxy groups -OCH3 is 1. The predicted molar refractivity (Wildman–Crippen MR) is 79.7 cm³/mol. The van der Waals surface area contributed by atoms with Gasteiger partial charge in [-0.3, -0.25) is 4.79 Å². The smallest absolute Gasteiger partial charge is 0.194 e. The molecule has 1 heterocycles. The van der Waals surface area contributed by atoms with Crippen molar-refractivity contribution in [2.24, 2.45) is 0 Å². The lowest BCUT2D eigenvalue weighted by Gasteiger charge is -2.12. The van der Waals surface area contributed by atoms with Crippen LogP contribution in [0.3, 0.4) is 0 Å². The van der Waals surface area contributed by atoms with Crippen molar-refractivity contribution < 1.29 is 9.53 Å². The van der Waals surface area contributed by atoms with E-state index in [1.165, 1.54) is 18.4 Å². The molecule has 0 saturated heterocycles. The number of nitrogens with zero attached hydrogens (tertiary/aromatic N) is 1. The fourth-order valence-corrected chi connectivity index (χ4v) is 2.93. The normalized spacial score (nSPS) is 11.7. The predicted octanol–water partition coefficient (Wildman–Crippen LogP) is 4.21. The van der Waals surface area contributed by atoms with Crippen molar-refractivity contribution in [1.82, 2.24) is 0 Å².